The second kappa shape index (κ2) is 27.2. The van der Waals surface area contributed by atoms with Crippen LogP contribution in [0.1, 0.15) is 169 Å². The van der Waals surface area contributed by atoms with Crippen LogP contribution in [0.15, 0.2) is 146 Å². The predicted octanol–water partition coefficient (Wildman–Crippen LogP) is 16.8. The number of nitrogens with zero attached hydrogens (tertiary/aromatic N) is 9. The molecule has 0 atom stereocenters. The molecule has 0 amide bonds. The summed E-state index contributed by atoms with van der Waals surface area (Å²) in [6.45, 7) is 26.5. The van der Waals surface area contributed by atoms with Crippen molar-refractivity contribution in [3.63, 3.8) is 0 Å². The minimum absolute atomic E-state index is 0. The molecule has 0 N–H and O–H groups in total. The van der Waals surface area contributed by atoms with Gasteiger partial charge in [-0.05, 0) is 85.6 Å². The fourth-order valence-corrected chi connectivity index (χ4v) is 9.41. The van der Waals surface area contributed by atoms with Crippen LogP contribution in [0.3, 0.4) is 0 Å². The summed E-state index contributed by atoms with van der Waals surface area (Å²) in [4.78, 5) is 13.7. The third kappa shape index (κ3) is 13.6. The van der Waals surface area contributed by atoms with Crippen molar-refractivity contribution >= 4 is 0 Å². The van der Waals surface area contributed by atoms with Gasteiger partial charge in [-0.3, -0.25) is 15.0 Å². The quantitative estimate of drug-likeness (QED) is 0.112. The Kier molecular flexibility index (Phi) is 21.2. The van der Waals surface area contributed by atoms with Gasteiger partial charge in [0.1, 0.15) is 0 Å². The number of hydrogen-bond donors (Lipinski definition) is 0. The van der Waals surface area contributed by atoms with Crippen LogP contribution in [0, 0.1) is 59.6 Å². The average Bonchev–Trinajstić information content (AvgIpc) is 4.24. The minimum atomic E-state index is 0. The summed E-state index contributed by atoms with van der Waals surface area (Å²) in [5.41, 5.74) is 15.7. The Morgan fingerprint density at radius 3 is 0.792 bits per heavy atom. The Balaban J connectivity index is 0.000000210. The van der Waals surface area contributed by atoms with Crippen molar-refractivity contribution in [3.8, 4) is 69.4 Å². The summed E-state index contributed by atoms with van der Waals surface area (Å²) in [6.07, 6.45) is 11.4. The molecule has 0 aliphatic heterocycles. The van der Waals surface area contributed by atoms with Crippen LogP contribution in [-0.4, -0.2) is 28.7 Å². The Hall–Kier alpha value is -7.93. The largest absolute Gasteiger partial charge is 0.358 e. The first kappa shape index (κ1) is 59.9. The van der Waals surface area contributed by atoms with Crippen LogP contribution in [0.5, 0.6) is 0 Å². The Labute approximate surface area is 472 Å². The molecule has 0 saturated carbocycles. The normalized spacial score (nSPS) is 10.8. The van der Waals surface area contributed by atoms with Crippen molar-refractivity contribution in [1.82, 2.24) is 28.7 Å². The molecule has 0 spiro atoms. The van der Waals surface area contributed by atoms with E-state index in [9.17, 15) is 15.8 Å². The molecule has 9 aromatic rings. The van der Waals surface area contributed by atoms with E-state index < -0.39 is 0 Å². The molecule has 0 unspecified atom stereocenters. The molecule has 3 heterocycles. The average molecular weight is 1190 g/mol. The first-order valence-electron chi connectivity index (χ1n) is 25.8. The van der Waals surface area contributed by atoms with E-state index >= 15 is 0 Å². The zero-order valence-corrected chi connectivity index (χ0v) is 49.1. The van der Waals surface area contributed by atoms with E-state index in [2.05, 4.69) is 203 Å². The molecular weight excluding hydrogens is 1120 g/mol. The smallest absolute Gasteiger partial charge is 0.0789 e. The molecule has 6 aromatic carbocycles. The van der Waals surface area contributed by atoms with Crippen LogP contribution in [0.2, 0.25) is 0 Å². The van der Waals surface area contributed by atoms with E-state index in [4.69, 9.17) is 0 Å². The van der Waals surface area contributed by atoms with Crippen LogP contribution in [0.4, 0.5) is 0 Å². The van der Waals surface area contributed by atoms with Gasteiger partial charge >= 0.3 is 0 Å². The van der Waals surface area contributed by atoms with Gasteiger partial charge in [0.25, 0.3) is 0 Å². The van der Waals surface area contributed by atoms with Gasteiger partial charge in [-0.15, -0.1) is 89.5 Å². The monoisotopic (exact) mass is 1190 g/mol. The third-order valence-electron chi connectivity index (χ3n) is 13.2. The summed E-state index contributed by atoms with van der Waals surface area (Å²) in [6, 6.07) is 51.9. The maximum absolute atomic E-state index is 9.19. The molecule has 10 heteroatoms. The van der Waals surface area contributed by atoms with Gasteiger partial charge in [0.15, 0.2) is 0 Å². The Bertz CT molecular complexity index is 3080. The fraction of sp³-hybridized carbons (Fsp3) is 0.269. The maximum Gasteiger partial charge on any atom is 0.0789 e. The topological polar surface area (TPSA) is 125 Å². The van der Waals surface area contributed by atoms with Gasteiger partial charge in [0.2, 0.25) is 0 Å². The number of benzene rings is 6. The van der Waals surface area contributed by atoms with Gasteiger partial charge in [-0.25, -0.2) is 0 Å². The molecule has 9 rings (SSSR count). The van der Waals surface area contributed by atoms with E-state index in [1.54, 1.807) is 36.4 Å². The molecule has 0 fully saturated rings. The van der Waals surface area contributed by atoms with Crippen molar-refractivity contribution in [2.24, 2.45) is 0 Å². The van der Waals surface area contributed by atoms with Crippen molar-refractivity contribution in [2.75, 3.05) is 0 Å². The molecule has 0 aliphatic carbocycles. The number of hydrogen-bond acceptors (Lipinski definition) is 6. The number of rotatable bonds is 12. The molecule has 77 heavy (non-hydrogen) atoms. The minimum Gasteiger partial charge on any atom is -0.358 e. The van der Waals surface area contributed by atoms with Crippen molar-refractivity contribution < 1.29 is 20.1 Å². The van der Waals surface area contributed by atoms with E-state index in [1.807, 2.05) is 55.4 Å². The van der Waals surface area contributed by atoms with Gasteiger partial charge in [0.05, 0.1) is 35.7 Å². The van der Waals surface area contributed by atoms with E-state index in [0.717, 1.165) is 34.2 Å². The van der Waals surface area contributed by atoms with Crippen LogP contribution in [-0.2, 0) is 20.1 Å². The second-order valence-corrected chi connectivity index (χ2v) is 20.5. The second-order valence-electron chi connectivity index (χ2n) is 20.5. The summed E-state index contributed by atoms with van der Waals surface area (Å²) >= 11 is 0. The standard InChI is InChI=1S/3C22H22N3.CH3.Ir/c3*1-15(2)19-9-6-10-20(16(3)4)21(19)25-12-11-24-22(25)18-8-5-7-17(13-18)14-23;;/h3*5-7,9-13,15-16H,1-4H3;1H3;/q4*-1;. The molecule has 395 valence electrons. The summed E-state index contributed by atoms with van der Waals surface area (Å²) in [7, 11) is 0. The van der Waals surface area contributed by atoms with Crippen LogP contribution >= 0.6 is 0 Å². The molecule has 1 radical (unpaired) electrons. The van der Waals surface area contributed by atoms with E-state index in [1.165, 1.54) is 50.4 Å². The van der Waals surface area contributed by atoms with E-state index in [-0.39, 0.29) is 27.5 Å². The number of para-hydroxylation sites is 3. The zero-order valence-electron chi connectivity index (χ0n) is 46.7. The van der Waals surface area contributed by atoms with Gasteiger partial charge < -0.3 is 21.1 Å². The Morgan fingerprint density at radius 2 is 0.597 bits per heavy atom. The van der Waals surface area contributed by atoms with E-state index in [0.29, 0.717) is 52.2 Å². The molecule has 9 nitrogen and oxygen atoms in total. The molecule has 0 aliphatic rings. The van der Waals surface area contributed by atoms with Gasteiger partial charge in [-0.1, -0.05) is 138 Å². The first-order valence-corrected chi connectivity index (χ1v) is 25.8. The Morgan fingerprint density at radius 1 is 0.377 bits per heavy atom. The maximum atomic E-state index is 9.19. The van der Waals surface area contributed by atoms with Gasteiger partial charge in [-0.2, -0.15) is 15.8 Å². The van der Waals surface area contributed by atoms with Crippen LogP contribution < -0.4 is 0 Å². The van der Waals surface area contributed by atoms with Crippen molar-refractivity contribution in [3.05, 3.63) is 222 Å². The van der Waals surface area contributed by atoms with Gasteiger partial charge in [0, 0.05) is 74.3 Å². The fourth-order valence-electron chi connectivity index (χ4n) is 9.41. The number of imidazole rings is 3. The van der Waals surface area contributed by atoms with Crippen LogP contribution in [0.25, 0.3) is 51.2 Å². The van der Waals surface area contributed by atoms with Crippen molar-refractivity contribution in [1.29, 1.82) is 15.8 Å². The summed E-state index contributed by atoms with van der Waals surface area (Å²) < 4.78 is 6.41. The zero-order chi connectivity index (χ0) is 53.9. The third-order valence-corrected chi connectivity index (χ3v) is 13.2. The number of nitriles is 3. The molecular formula is C67H69IrN9-4. The molecule has 0 saturated heterocycles. The molecule has 0 bridgehead atoms. The summed E-state index contributed by atoms with van der Waals surface area (Å²) in [5, 5.41) is 27.6. The predicted molar refractivity (Wildman–Crippen MR) is 309 cm³/mol. The number of aromatic nitrogens is 6. The van der Waals surface area contributed by atoms with Crippen molar-refractivity contribution in [2.45, 2.75) is 119 Å². The first-order chi connectivity index (χ1) is 36.1. The SMILES string of the molecule is CC(C)c1cccc(C(C)C)c1-n1ccnc1-c1[c-]ccc(C#N)c1.CC(C)c1cccc(C(C)C)c1-n1ccnc1-c1[c-]ccc(C#N)c1.CC(C)c1cccc(C(C)C)c1-n1ccnc1-c1[c-]ccc(C#N)c1.[CH3-].[Ir]. The summed E-state index contributed by atoms with van der Waals surface area (Å²) in [5.74, 6) is 4.84. The molecule has 3 aromatic heterocycles.